The van der Waals surface area contributed by atoms with Gasteiger partial charge in [0.2, 0.25) is 0 Å². The number of hydrogen-bond donors (Lipinski definition) is 1. The van der Waals surface area contributed by atoms with Crippen molar-refractivity contribution in [2.75, 3.05) is 20.8 Å². The Labute approximate surface area is 122 Å². The van der Waals surface area contributed by atoms with E-state index in [1.165, 1.54) is 5.56 Å². The SMILES string of the molecule is CCC(C)(OC)C(CC1CCOc2ccccc21)NC. The Kier molecular flexibility index (Phi) is 5.06. The number of para-hydroxylation sites is 1. The first-order valence-electron chi connectivity index (χ1n) is 7.58. The van der Waals surface area contributed by atoms with Crippen LogP contribution in [0.2, 0.25) is 0 Å². The van der Waals surface area contributed by atoms with Crippen LogP contribution in [0.15, 0.2) is 24.3 Å². The third-order valence-electron chi connectivity index (χ3n) is 4.86. The van der Waals surface area contributed by atoms with Crippen molar-refractivity contribution in [3.63, 3.8) is 0 Å². The Morgan fingerprint density at radius 1 is 1.45 bits per heavy atom. The zero-order valence-electron chi connectivity index (χ0n) is 13.1. The van der Waals surface area contributed by atoms with Crippen LogP contribution in [-0.4, -0.2) is 32.4 Å². The molecule has 0 saturated carbocycles. The fourth-order valence-electron chi connectivity index (χ4n) is 3.15. The molecule has 2 rings (SSSR count). The van der Waals surface area contributed by atoms with Crippen LogP contribution in [0.3, 0.4) is 0 Å². The lowest BCUT2D eigenvalue weighted by atomic mass is 9.81. The lowest BCUT2D eigenvalue weighted by Gasteiger charge is -2.38. The topological polar surface area (TPSA) is 30.5 Å². The molecule has 1 heterocycles. The highest BCUT2D eigenvalue weighted by molar-refractivity contribution is 5.37. The molecule has 0 fully saturated rings. The van der Waals surface area contributed by atoms with Gasteiger partial charge in [-0.1, -0.05) is 25.1 Å². The van der Waals surface area contributed by atoms with Crippen LogP contribution in [0, 0.1) is 0 Å². The molecular weight excluding hydrogens is 250 g/mol. The van der Waals surface area contributed by atoms with Gasteiger partial charge in [-0.2, -0.15) is 0 Å². The highest BCUT2D eigenvalue weighted by Crippen LogP contribution is 2.38. The van der Waals surface area contributed by atoms with Crippen LogP contribution in [-0.2, 0) is 4.74 Å². The molecule has 3 unspecified atom stereocenters. The lowest BCUT2D eigenvalue weighted by Crippen LogP contribution is -2.49. The molecule has 0 aromatic heterocycles. The van der Waals surface area contributed by atoms with Gasteiger partial charge in [0.1, 0.15) is 5.75 Å². The molecule has 3 atom stereocenters. The Bertz CT molecular complexity index is 429. The lowest BCUT2D eigenvalue weighted by molar-refractivity contribution is -0.0316. The van der Waals surface area contributed by atoms with Gasteiger partial charge in [0.25, 0.3) is 0 Å². The van der Waals surface area contributed by atoms with Gasteiger partial charge in [-0.25, -0.2) is 0 Å². The molecular formula is C17H27NO2. The first-order valence-corrected chi connectivity index (χ1v) is 7.58. The summed E-state index contributed by atoms with van der Waals surface area (Å²) in [6.45, 7) is 5.19. The maximum Gasteiger partial charge on any atom is 0.122 e. The highest BCUT2D eigenvalue weighted by Gasteiger charge is 2.34. The van der Waals surface area contributed by atoms with Crippen molar-refractivity contribution in [2.45, 2.75) is 50.7 Å². The molecule has 0 saturated heterocycles. The van der Waals surface area contributed by atoms with E-state index in [0.717, 1.165) is 31.6 Å². The minimum Gasteiger partial charge on any atom is -0.493 e. The molecule has 3 heteroatoms. The smallest absolute Gasteiger partial charge is 0.122 e. The van der Waals surface area contributed by atoms with Crippen molar-refractivity contribution >= 4 is 0 Å². The molecule has 1 aromatic carbocycles. The quantitative estimate of drug-likeness (QED) is 0.865. The number of fused-ring (bicyclic) bond motifs is 1. The van der Waals surface area contributed by atoms with E-state index in [0.29, 0.717) is 12.0 Å². The van der Waals surface area contributed by atoms with Crippen LogP contribution in [0.4, 0.5) is 0 Å². The monoisotopic (exact) mass is 277 g/mol. The summed E-state index contributed by atoms with van der Waals surface area (Å²) in [6.07, 6.45) is 3.16. The van der Waals surface area contributed by atoms with E-state index in [9.17, 15) is 0 Å². The summed E-state index contributed by atoms with van der Waals surface area (Å²) in [5.74, 6) is 1.59. The number of nitrogens with one attached hydrogen (secondary N) is 1. The van der Waals surface area contributed by atoms with Gasteiger partial charge in [-0.05, 0) is 50.8 Å². The molecule has 1 aliphatic heterocycles. The van der Waals surface area contributed by atoms with Crippen molar-refractivity contribution < 1.29 is 9.47 Å². The van der Waals surface area contributed by atoms with Gasteiger partial charge in [0, 0.05) is 13.2 Å². The number of methoxy groups -OCH3 is 1. The van der Waals surface area contributed by atoms with Gasteiger partial charge in [-0.15, -0.1) is 0 Å². The summed E-state index contributed by atoms with van der Waals surface area (Å²) in [7, 11) is 3.84. The van der Waals surface area contributed by atoms with E-state index in [1.54, 1.807) is 0 Å². The van der Waals surface area contributed by atoms with Crippen molar-refractivity contribution in [3.8, 4) is 5.75 Å². The third kappa shape index (κ3) is 2.99. The minimum atomic E-state index is -0.123. The fourth-order valence-corrected chi connectivity index (χ4v) is 3.15. The summed E-state index contributed by atoms with van der Waals surface area (Å²) in [6, 6.07) is 8.76. The number of likely N-dealkylation sites (N-methyl/N-ethyl adjacent to an activating group) is 1. The Morgan fingerprint density at radius 2 is 2.20 bits per heavy atom. The summed E-state index contributed by atoms with van der Waals surface area (Å²) in [4.78, 5) is 0. The third-order valence-corrected chi connectivity index (χ3v) is 4.86. The maximum atomic E-state index is 5.78. The summed E-state index contributed by atoms with van der Waals surface area (Å²) in [5, 5.41) is 3.46. The van der Waals surface area contributed by atoms with E-state index in [4.69, 9.17) is 9.47 Å². The molecule has 1 N–H and O–H groups in total. The average Bonchev–Trinajstić information content (AvgIpc) is 2.52. The zero-order chi connectivity index (χ0) is 14.6. The van der Waals surface area contributed by atoms with Gasteiger partial charge in [-0.3, -0.25) is 0 Å². The molecule has 3 nitrogen and oxygen atoms in total. The predicted octanol–water partition coefficient (Wildman–Crippen LogP) is 3.35. The first kappa shape index (κ1) is 15.3. The normalized spacial score (nSPS) is 22.5. The van der Waals surface area contributed by atoms with Gasteiger partial charge < -0.3 is 14.8 Å². The molecule has 1 aromatic rings. The second-order valence-electron chi connectivity index (χ2n) is 5.82. The van der Waals surface area contributed by atoms with Gasteiger partial charge in [0.05, 0.1) is 12.2 Å². The molecule has 1 aliphatic rings. The Morgan fingerprint density at radius 3 is 2.85 bits per heavy atom. The van der Waals surface area contributed by atoms with Crippen molar-refractivity contribution in [1.82, 2.24) is 5.32 Å². The standard InChI is InChI=1S/C17H27NO2/c1-5-17(2,19-4)16(18-3)12-13-10-11-20-15-9-7-6-8-14(13)15/h6-9,13,16,18H,5,10-12H2,1-4H3. The number of hydrogen-bond acceptors (Lipinski definition) is 3. The maximum absolute atomic E-state index is 5.78. The van der Waals surface area contributed by atoms with E-state index in [2.05, 4.69) is 37.4 Å². The molecule has 112 valence electrons. The summed E-state index contributed by atoms with van der Waals surface area (Å²) < 4.78 is 11.5. The van der Waals surface area contributed by atoms with E-state index < -0.39 is 0 Å². The van der Waals surface area contributed by atoms with Crippen LogP contribution in [0.1, 0.15) is 44.6 Å². The number of ether oxygens (including phenoxy) is 2. The van der Waals surface area contributed by atoms with E-state index in [1.807, 2.05) is 20.2 Å². The van der Waals surface area contributed by atoms with Crippen LogP contribution < -0.4 is 10.1 Å². The second kappa shape index (κ2) is 6.59. The van der Waals surface area contributed by atoms with E-state index >= 15 is 0 Å². The zero-order valence-corrected chi connectivity index (χ0v) is 13.1. The van der Waals surface area contributed by atoms with Crippen LogP contribution >= 0.6 is 0 Å². The Balaban J connectivity index is 2.17. The fraction of sp³-hybridized carbons (Fsp3) is 0.647. The number of rotatable bonds is 6. The average molecular weight is 277 g/mol. The predicted molar refractivity (Wildman–Crippen MR) is 82.5 cm³/mol. The van der Waals surface area contributed by atoms with Crippen molar-refractivity contribution in [3.05, 3.63) is 29.8 Å². The minimum absolute atomic E-state index is 0.123. The highest BCUT2D eigenvalue weighted by atomic mass is 16.5. The first-order chi connectivity index (χ1) is 9.64. The van der Waals surface area contributed by atoms with E-state index in [-0.39, 0.29) is 5.60 Å². The molecule has 0 bridgehead atoms. The van der Waals surface area contributed by atoms with Crippen molar-refractivity contribution in [2.24, 2.45) is 0 Å². The largest absolute Gasteiger partial charge is 0.493 e. The molecule has 20 heavy (non-hydrogen) atoms. The molecule has 0 amide bonds. The Hall–Kier alpha value is -1.06. The van der Waals surface area contributed by atoms with Crippen LogP contribution in [0.5, 0.6) is 5.75 Å². The van der Waals surface area contributed by atoms with Gasteiger partial charge >= 0.3 is 0 Å². The van der Waals surface area contributed by atoms with Gasteiger partial charge in [0.15, 0.2) is 0 Å². The molecule has 0 aliphatic carbocycles. The second-order valence-corrected chi connectivity index (χ2v) is 5.82. The number of benzene rings is 1. The van der Waals surface area contributed by atoms with Crippen LogP contribution in [0.25, 0.3) is 0 Å². The summed E-state index contributed by atoms with van der Waals surface area (Å²) >= 11 is 0. The molecule has 0 radical (unpaired) electrons. The summed E-state index contributed by atoms with van der Waals surface area (Å²) in [5.41, 5.74) is 1.22. The molecule has 0 spiro atoms. The van der Waals surface area contributed by atoms with Crippen molar-refractivity contribution in [1.29, 1.82) is 0 Å².